The van der Waals surface area contributed by atoms with E-state index in [9.17, 15) is 4.79 Å². The highest BCUT2D eigenvalue weighted by atomic mass is 127. The summed E-state index contributed by atoms with van der Waals surface area (Å²) in [7, 11) is 1.79. The molecule has 1 aliphatic heterocycles. The second kappa shape index (κ2) is 8.21. The predicted octanol–water partition coefficient (Wildman–Crippen LogP) is 1.94. The van der Waals surface area contributed by atoms with E-state index in [1.807, 2.05) is 4.90 Å². The van der Waals surface area contributed by atoms with E-state index < -0.39 is 0 Å². The van der Waals surface area contributed by atoms with Crippen molar-refractivity contribution in [2.75, 3.05) is 39.8 Å². The van der Waals surface area contributed by atoms with Crippen molar-refractivity contribution in [3.63, 3.8) is 0 Å². The molecule has 0 bridgehead atoms. The molecule has 1 aliphatic carbocycles. The van der Waals surface area contributed by atoms with E-state index in [1.54, 1.807) is 14.0 Å². The fourth-order valence-corrected chi connectivity index (χ4v) is 3.50. The number of piperazine rings is 1. The lowest BCUT2D eigenvalue weighted by atomic mass is 9.56. The summed E-state index contributed by atoms with van der Waals surface area (Å²) in [6, 6.07) is 0.351. The van der Waals surface area contributed by atoms with Gasteiger partial charge in [-0.3, -0.25) is 9.79 Å². The Labute approximate surface area is 163 Å². The molecule has 140 valence electrons. The second-order valence-electron chi connectivity index (χ2n) is 7.35. The standard InChI is InChI=1S/C17H32N4O2.HI/c1-7-18-15(21-10-8-20(9-11-21)13(2)22)19-14-12-17(5,23-6)16(14,3)4;/h14H,7-12H2,1-6H3,(H,18,19);1H. The average molecular weight is 452 g/mol. The van der Waals surface area contributed by atoms with E-state index in [0.717, 1.165) is 45.1 Å². The molecule has 6 nitrogen and oxygen atoms in total. The van der Waals surface area contributed by atoms with Crippen LogP contribution in [0.2, 0.25) is 0 Å². The Morgan fingerprint density at radius 1 is 1.21 bits per heavy atom. The van der Waals surface area contributed by atoms with Crippen molar-refractivity contribution in [1.29, 1.82) is 0 Å². The smallest absolute Gasteiger partial charge is 0.219 e. The Balaban J connectivity index is 0.00000288. The molecule has 1 saturated heterocycles. The number of rotatable bonds is 3. The van der Waals surface area contributed by atoms with Gasteiger partial charge in [0.05, 0.1) is 5.60 Å². The fraction of sp³-hybridized carbons (Fsp3) is 0.882. The highest BCUT2D eigenvalue weighted by Crippen LogP contribution is 2.51. The van der Waals surface area contributed by atoms with E-state index in [1.165, 1.54) is 0 Å². The molecule has 0 spiro atoms. The van der Waals surface area contributed by atoms with Crippen LogP contribution in [0, 0.1) is 5.41 Å². The minimum atomic E-state index is -0.0880. The number of carbonyl (C=O) groups excluding carboxylic acids is 1. The molecule has 24 heavy (non-hydrogen) atoms. The van der Waals surface area contributed by atoms with Gasteiger partial charge in [-0.05, 0) is 20.3 Å². The summed E-state index contributed by atoms with van der Waals surface area (Å²) in [5.74, 6) is 1.12. The molecule has 0 aromatic heterocycles. The monoisotopic (exact) mass is 452 g/mol. The lowest BCUT2D eigenvalue weighted by molar-refractivity contribution is -0.177. The van der Waals surface area contributed by atoms with Gasteiger partial charge in [0.2, 0.25) is 5.91 Å². The Morgan fingerprint density at radius 3 is 2.17 bits per heavy atom. The second-order valence-corrected chi connectivity index (χ2v) is 7.35. The van der Waals surface area contributed by atoms with Crippen molar-refractivity contribution in [3.8, 4) is 0 Å². The van der Waals surface area contributed by atoms with Crippen molar-refractivity contribution < 1.29 is 9.53 Å². The average Bonchev–Trinajstić information content (AvgIpc) is 2.53. The van der Waals surface area contributed by atoms with Crippen molar-refractivity contribution in [2.45, 2.75) is 52.7 Å². The number of amides is 1. The Bertz CT molecular complexity index is 475. The van der Waals surface area contributed by atoms with Crippen LogP contribution in [0.5, 0.6) is 0 Å². The molecule has 1 heterocycles. The minimum absolute atomic E-state index is 0. The first-order chi connectivity index (χ1) is 10.7. The summed E-state index contributed by atoms with van der Waals surface area (Å²) in [6.07, 6.45) is 0.979. The van der Waals surface area contributed by atoms with Crippen LogP contribution in [-0.4, -0.2) is 73.1 Å². The van der Waals surface area contributed by atoms with E-state index in [0.29, 0.717) is 6.04 Å². The molecule has 2 fully saturated rings. The number of hydrogen-bond donors (Lipinski definition) is 1. The molecule has 2 atom stereocenters. The van der Waals surface area contributed by atoms with Gasteiger partial charge < -0.3 is 19.9 Å². The van der Waals surface area contributed by atoms with Crippen molar-refractivity contribution >= 4 is 35.8 Å². The third-order valence-electron chi connectivity index (χ3n) is 5.91. The van der Waals surface area contributed by atoms with E-state index in [4.69, 9.17) is 4.74 Å². The third-order valence-corrected chi connectivity index (χ3v) is 5.91. The van der Waals surface area contributed by atoms with Crippen LogP contribution < -0.4 is 5.32 Å². The highest BCUT2D eigenvalue weighted by molar-refractivity contribution is 14.0. The molecular weight excluding hydrogens is 419 g/mol. The Hall–Kier alpha value is -0.570. The highest BCUT2D eigenvalue weighted by Gasteiger charge is 2.58. The molecule has 1 amide bonds. The molecule has 2 unspecified atom stereocenters. The van der Waals surface area contributed by atoms with Crippen molar-refractivity contribution in [1.82, 2.24) is 15.1 Å². The quantitative estimate of drug-likeness (QED) is 0.404. The van der Waals surface area contributed by atoms with Crippen LogP contribution >= 0.6 is 24.0 Å². The minimum Gasteiger partial charge on any atom is -0.378 e. The van der Waals surface area contributed by atoms with Crippen molar-refractivity contribution in [3.05, 3.63) is 0 Å². The Morgan fingerprint density at radius 2 is 1.75 bits per heavy atom. The zero-order valence-corrected chi connectivity index (χ0v) is 18.2. The topological polar surface area (TPSA) is 57.2 Å². The lowest BCUT2D eigenvalue weighted by Gasteiger charge is -2.59. The van der Waals surface area contributed by atoms with Gasteiger partial charge in [0.25, 0.3) is 0 Å². The molecule has 2 rings (SSSR count). The van der Waals surface area contributed by atoms with Gasteiger partial charge in [-0.1, -0.05) is 13.8 Å². The van der Waals surface area contributed by atoms with Crippen molar-refractivity contribution in [2.24, 2.45) is 10.4 Å². The van der Waals surface area contributed by atoms with Gasteiger partial charge in [0.1, 0.15) is 0 Å². The van der Waals surface area contributed by atoms with Crippen LogP contribution in [0.1, 0.15) is 41.0 Å². The van der Waals surface area contributed by atoms with Gasteiger partial charge in [0.15, 0.2) is 5.96 Å². The van der Waals surface area contributed by atoms with Crippen LogP contribution in [0.15, 0.2) is 4.99 Å². The molecule has 0 radical (unpaired) electrons. The zero-order valence-electron chi connectivity index (χ0n) is 15.9. The van der Waals surface area contributed by atoms with E-state index in [2.05, 4.69) is 42.9 Å². The summed E-state index contributed by atoms with van der Waals surface area (Å²) in [5.41, 5.74) is -0.0349. The number of nitrogens with one attached hydrogen (secondary N) is 1. The summed E-state index contributed by atoms with van der Waals surface area (Å²) >= 11 is 0. The van der Waals surface area contributed by atoms with Gasteiger partial charge >= 0.3 is 0 Å². The van der Waals surface area contributed by atoms with Crippen LogP contribution in [-0.2, 0) is 9.53 Å². The van der Waals surface area contributed by atoms with Gasteiger partial charge in [0, 0.05) is 58.2 Å². The maximum Gasteiger partial charge on any atom is 0.219 e. The number of nitrogens with zero attached hydrogens (tertiary/aromatic N) is 3. The largest absolute Gasteiger partial charge is 0.378 e. The van der Waals surface area contributed by atoms with Crippen LogP contribution in [0.4, 0.5) is 0 Å². The summed E-state index contributed by atoms with van der Waals surface area (Å²) in [5, 5.41) is 3.64. The molecule has 7 heteroatoms. The lowest BCUT2D eigenvalue weighted by Crippen LogP contribution is -2.70. The number of ether oxygens (including phenoxy) is 1. The molecular formula is C17H33IN4O2. The van der Waals surface area contributed by atoms with Gasteiger partial charge in [-0.2, -0.15) is 0 Å². The summed E-state index contributed by atoms with van der Waals surface area (Å²) in [6.45, 7) is 14.3. The van der Waals surface area contributed by atoms with Gasteiger partial charge in [-0.25, -0.2) is 0 Å². The number of hydrogen-bond acceptors (Lipinski definition) is 3. The number of halogens is 1. The number of methoxy groups -OCH3 is 1. The first-order valence-electron chi connectivity index (χ1n) is 8.61. The maximum atomic E-state index is 11.5. The first-order valence-corrected chi connectivity index (χ1v) is 8.61. The Kier molecular flexibility index (Phi) is 7.34. The molecule has 0 aromatic carbocycles. The normalized spacial score (nSPS) is 29.6. The number of carbonyl (C=O) groups is 1. The maximum absolute atomic E-state index is 11.5. The molecule has 0 aromatic rings. The van der Waals surface area contributed by atoms with E-state index in [-0.39, 0.29) is 40.9 Å². The SMILES string of the molecule is CCN=C(NC1CC(C)(OC)C1(C)C)N1CCN(C(C)=O)CC1.I. The fourth-order valence-electron chi connectivity index (χ4n) is 3.50. The van der Waals surface area contributed by atoms with Crippen LogP contribution in [0.25, 0.3) is 0 Å². The number of aliphatic imine (C=N–C) groups is 1. The number of guanidine groups is 1. The molecule has 2 aliphatic rings. The van der Waals surface area contributed by atoms with Gasteiger partial charge in [-0.15, -0.1) is 24.0 Å². The van der Waals surface area contributed by atoms with Crippen LogP contribution in [0.3, 0.4) is 0 Å². The summed E-state index contributed by atoms with van der Waals surface area (Å²) in [4.78, 5) is 20.3. The first kappa shape index (κ1) is 21.5. The third kappa shape index (κ3) is 3.98. The molecule has 1 saturated carbocycles. The zero-order chi connectivity index (χ0) is 17.3. The molecule has 1 N–H and O–H groups in total. The van der Waals surface area contributed by atoms with E-state index >= 15 is 0 Å². The predicted molar refractivity (Wildman–Crippen MR) is 108 cm³/mol. The summed E-state index contributed by atoms with van der Waals surface area (Å²) < 4.78 is 5.71.